The highest BCUT2D eigenvalue weighted by atomic mass is 16.4. The van der Waals surface area contributed by atoms with Crippen LogP contribution in [0.2, 0.25) is 0 Å². The lowest BCUT2D eigenvalue weighted by atomic mass is 10.0. The maximum atomic E-state index is 10.3. The van der Waals surface area contributed by atoms with Crippen molar-refractivity contribution in [2.24, 2.45) is 23.3 Å². The zero-order chi connectivity index (χ0) is 23.6. The summed E-state index contributed by atoms with van der Waals surface area (Å²) >= 11 is 0. The smallest absolute Gasteiger partial charge is 0.320 e. The van der Waals surface area contributed by atoms with Crippen molar-refractivity contribution in [3.8, 4) is 0 Å². The van der Waals surface area contributed by atoms with Crippen LogP contribution in [0.3, 0.4) is 0 Å². The molecule has 0 aromatic heterocycles. The van der Waals surface area contributed by atoms with Gasteiger partial charge in [0.1, 0.15) is 18.1 Å². The van der Waals surface area contributed by atoms with Gasteiger partial charge >= 0.3 is 17.9 Å². The Bertz CT molecular complexity index is 448. The van der Waals surface area contributed by atoms with Gasteiger partial charge in [-0.2, -0.15) is 0 Å². The molecule has 0 saturated carbocycles. The van der Waals surface area contributed by atoms with Crippen molar-refractivity contribution >= 4 is 17.9 Å². The van der Waals surface area contributed by atoms with E-state index in [1.807, 2.05) is 34.7 Å². The van der Waals surface area contributed by atoms with Gasteiger partial charge in [-0.05, 0) is 45.3 Å². The lowest BCUT2D eigenvalue weighted by Crippen LogP contribution is -2.38. The molecule has 0 aliphatic heterocycles. The summed E-state index contributed by atoms with van der Waals surface area (Å²) < 4.78 is 0. The van der Waals surface area contributed by atoms with Crippen LogP contribution in [0.4, 0.5) is 0 Å². The third-order valence-corrected chi connectivity index (χ3v) is 4.29. The SMILES string of the molecule is CCC(C)C(N)C(=O)O.CNC(C(=O)O)C(C)C.CNCCCCC(N)C(=O)O. The van der Waals surface area contributed by atoms with Gasteiger partial charge in [0.2, 0.25) is 0 Å². The van der Waals surface area contributed by atoms with E-state index in [9.17, 15) is 14.4 Å². The maximum absolute atomic E-state index is 10.3. The van der Waals surface area contributed by atoms with Gasteiger partial charge in [-0.15, -0.1) is 0 Å². The summed E-state index contributed by atoms with van der Waals surface area (Å²) in [5, 5.41) is 30.9. The number of carboxylic acid groups (broad SMARTS) is 3. The monoisotopic (exact) mass is 422 g/mol. The Morgan fingerprint density at radius 2 is 1.41 bits per heavy atom. The zero-order valence-corrected chi connectivity index (χ0v) is 18.6. The molecule has 0 amide bonds. The van der Waals surface area contributed by atoms with Crippen molar-refractivity contribution < 1.29 is 29.7 Å². The number of rotatable bonds is 12. The average molecular weight is 423 g/mol. The lowest BCUT2D eigenvalue weighted by molar-refractivity contribution is -0.141. The van der Waals surface area contributed by atoms with Crippen LogP contribution in [-0.2, 0) is 14.4 Å². The number of hydrogen-bond acceptors (Lipinski definition) is 7. The largest absolute Gasteiger partial charge is 0.480 e. The molecule has 0 aromatic carbocycles. The number of nitrogens with two attached hydrogens (primary N) is 2. The normalized spacial score (nSPS) is 14.4. The molecule has 10 nitrogen and oxygen atoms in total. The Morgan fingerprint density at radius 1 is 0.897 bits per heavy atom. The summed E-state index contributed by atoms with van der Waals surface area (Å²) in [6, 6.07) is -1.80. The Kier molecular flexibility index (Phi) is 21.5. The number of likely N-dealkylation sites (N-methyl/N-ethyl adjacent to an activating group) is 1. The van der Waals surface area contributed by atoms with Gasteiger partial charge in [-0.3, -0.25) is 14.4 Å². The van der Waals surface area contributed by atoms with Gasteiger partial charge in [0.15, 0.2) is 0 Å². The van der Waals surface area contributed by atoms with Crippen LogP contribution in [0.5, 0.6) is 0 Å². The minimum absolute atomic E-state index is 0.0718. The molecule has 0 bridgehead atoms. The standard InChI is InChI=1S/C7H16N2O2.2C6H13NO2/c1-9-5-3-2-4-6(8)7(10)11;1-4(2)5(7-3)6(8)9;1-3-4(2)5(7)6(8)9/h6,9H,2-5,8H2,1H3,(H,10,11);4-5,7H,1-3H3,(H,8,9);4-5H,3,7H2,1-2H3,(H,8,9). The van der Waals surface area contributed by atoms with Crippen LogP contribution in [0, 0.1) is 11.8 Å². The highest BCUT2D eigenvalue weighted by Gasteiger charge is 2.18. The molecule has 174 valence electrons. The molecule has 10 heteroatoms. The summed E-state index contributed by atoms with van der Waals surface area (Å²) in [5.41, 5.74) is 10.5. The summed E-state index contributed by atoms with van der Waals surface area (Å²) in [7, 11) is 3.52. The second-order valence-electron chi connectivity index (χ2n) is 7.14. The number of carbonyl (C=O) groups is 3. The van der Waals surface area contributed by atoms with E-state index < -0.39 is 36.0 Å². The van der Waals surface area contributed by atoms with Crippen molar-refractivity contribution in [2.45, 2.75) is 71.5 Å². The zero-order valence-electron chi connectivity index (χ0n) is 18.6. The second-order valence-corrected chi connectivity index (χ2v) is 7.14. The lowest BCUT2D eigenvalue weighted by Gasteiger charge is -2.13. The first-order valence-corrected chi connectivity index (χ1v) is 9.88. The average Bonchev–Trinajstić information content (AvgIpc) is 2.64. The summed E-state index contributed by atoms with van der Waals surface area (Å²) in [6.45, 7) is 8.42. The molecule has 0 fully saturated rings. The Morgan fingerprint density at radius 3 is 1.62 bits per heavy atom. The van der Waals surface area contributed by atoms with E-state index >= 15 is 0 Å². The third kappa shape index (κ3) is 19.3. The summed E-state index contributed by atoms with van der Waals surface area (Å²) in [4.78, 5) is 30.7. The second kappa shape index (κ2) is 19.6. The topological polar surface area (TPSA) is 188 Å². The molecule has 0 radical (unpaired) electrons. The van der Waals surface area contributed by atoms with E-state index in [4.69, 9.17) is 26.8 Å². The first kappa shape index (κ1) is 31.9. The van der Waals surface area contributed by atoms with Crippen molar-refractivity contribution in [1.29, 1.82) is 0 Å². The minimum atomic E-state index is -0.913. The first-order valence-electron chi connectivity index (χ1n) is 9.88. The molecule has 0 aromatic rings. The predicted molar refractivity (Wildman–Crippen MR) is 114 cm³/mol. The quantitative estimate of drug-likeness (QED) is 0.219. The molecule has 4 unspecified atom stereocenters. The van der Waals surface area contributed by atoms with Crippen LogP contribution < -0.4 is 22.1 Å². The fraction of sp³-hybridized carbons (Fsp3) is 0.842. The van der Waals surface area contributed by atoms with Gasteiger partial charge in [-0.25, -0.2) is 0 Å². The van der Waals surface area contributed by atoms with Crippen LogP contribution >= 0.6 is 0 Å². The van der Waals surface area contributed by atoms with Crippen molar-refractivity contribution in [3.05, 3.63) is 0 Å². The van der Waals surface area contributed by atoms with E-state index in [0.717, 1.165) is 25.8 Å². The van der Waals surface area contributed by atoms with Gasteiger partial charge in [0.05, 0.1) is 0 Å². The summed E-state index contributed by atoms with van der Waals surface area (Å²) in [6.07, 6.45) is 3.23. The molecule has 4 atom stereocenters. The highest BCUT2D eigenvalue weighted by molar-refractivity contribution is 5.74. The van der Waals surface area contributed by atoms with Crippen LogP contribution in [0.1, 0.15) is 53.4 Å². The Balaban J connectivity index is -0.000000352. The molecule has 29 heavy (non-hydrogen) atoms. The predicted octanol–water partition coefficient (Wildman–Crippen LogP) is 0.547. The molecule has 0 saturated heterocycles. The van der Waals surface area contributed by atoms with E-state index in [0.29, 0.717) is 6.42 Å². The van der Waals surface area contributed by atoms with Gasteiger partial charge in [0.25, 0.3) is 0 Å². The molecule has 0 heterocycles. The molecule has 0 rings (SSSR count). The first-order chi connectivity index (χ1) is 13.4. The number of carboxylic acids is 3. The molecule has 0 spiro atoms. The fourth-order valence-electron chi connectivity index (χ4n) is 2.03. The fourth-order valence-corrected chi connectivity index (χ4v) is 2.03. The van der Waals surface area contributed by atoms with E-state index in [2.05, 4.69) is 10.6 Å². The third-order valence-electron chi connectivity index (χ3n) is 4.29. The molecule has 9 N–H and O–H groups in total. The van der Waals surface area contributed by atoms with E-state index in [-0.39, 0.29) is 11.8 Å². The molecular formula is C19H42N4O6. The van der Waals surface area contributed by atoms with Crippen molar-refractivity contribution in [1.82, 2.24) is 10.6 Å². The van der Waals surface area contributed by atoms with Crippen molar-refractivity contribution in [2.75, 3.05) is 20.6 Å². The number of nitrogens with one attached hydrogen (secondary N) is 2. The van der Waals surface area contributed by atoms with Crippen molar-refractivity contribution in [3.63, 3.8) is 0 Å². The van der Waals surface area contributed by atoms with E-state index in [1.165, 1.54) is 0 Å². The summed E-state index contributed by atoms with van der Waals surface area (Å²) in [5.74, 6) is -2.39. The maximum Gasteiger partial charge on any atom is 0.320 e. The minimum Gasteiger partial charge on any atom is -0.480 e. The molecule has 0 aliphatic carbocycles. The number of unbranched alkanes of at least 4 members (excludes halogenated alkanes) is 1. The van der Waals surface area contributed by atoms with Gasteiger partial charge < -0.3 is 37.4 Å². The van der Waals surface area contributed by atoms with Crippen LogP contribution in [0.15, 0.2) is 0 Å². The van der Waals surface area contributed by atoms with Crippen LogP contribution in [0.25, 0.3) is 0 Å². The number of aliphatic carboxylic acids is 3. The van der Waals surface area contributed by atoms with Gasteiger partial charge in [-0.1, -0.05) is 40.5 Å². The molecular weight excluding hydrogens is 380 g/mol. The Hall–Kier alpha value is -1.75. The number of hydrogen-bond donors (Lipinski definition) is 7. The Labute approximate surface area is 174 Å². The van der Waals surface area contributed by atoms with Gasteiger partial charge in [0, 0.05) is 0 Å². The van der Waals surface area contributed by atoms with E-state index in [1.54, 1.807) is 7.05 Å². The van der Waals surface area contributed by atoms with Crippen LogP contribution in [-0.4, -0.2) is 72.0 Å². The molecule has 0 aliphatic rings. The highest BCUT2D eigenvalue weighted by Crippen LogP contribution is 2.04.